The third kappa shape index (κ3) is 3.62. The fraction of sp³-hybridized carbons (Fsp3) is 0.111. The van der Waals surface area contributed by atoms with Gasteiger partial charge in [0.25, 0.3) is 0 Å². The molecule has 2 aliphatic carbocycles. The van der Waals surface area contributed by atoms with E-state index >= 15 is 0 Å². The van der Waals surface area contributed by atoms with Crippen LogP contribution in [-0.2, 0) is 0 Å². The summed E-state index contributed by atoms with van der Waals surface area (Å²) < 4.78 is 6.04. The Morgan fingerprint density at radius 3 is 2.59 bits per heavy atom. The predicted octanol–water partition coefficient (Wildman–Crippen LogP) is 7.54. The lowest BCUT2D eigenvalue weighted by molar-refractivity contribution is 0.631. The number of anilines is 1. The molecular formula is C27H23NO. The van der Waals surface area contributed by atoms with E-state index in [0.29, 0.717) is 0 Å². The normalized spacial score (nSPS) is 15.9. The number of benzene rings is 2. The van der Waals surface area contributed by atoms with Crippen molar-refractivity contribution in [2.45, 2.75) is 19.3 Å². The third-order valence-electron chi connectivity index (χ3n) is 5.35. The fourth-order valence-corrected chi connectivity index (χ4v) is 3.89. The molecule has 0 saturated heterocycles. The monoisotopic (exact) mass is 377 g/mol. The summed E-state index contributed by atoms with van der Waals surface area (Å²) in [5.74, 6) is 0.905. The molecule has 2 aromatic carbocycles. The number of rotatable bonds is 4. The Kier molecular flexibility index (Phi) is 4.75. The largest absolute Gasteiger partial charge is 0.456 e. The van der Waals surface area contributed by atoms with Gasteiger partial charge in [0.05, 0.1) is 0 Å². The summed E-state index contributed by atoms with van der Waals surface area (Å²) in [4.78, 5) is 2.37. The van der Waals surface area contributed by atoms with E-state index in [9.17, 15) is 0 Å². The summed E-state index contributed by atoms with van der Waals surface area (Å²) in [7, 11) is 0. The van der Waals surface area contributed by atoms with Crippen molar-refractivity contribution in [2.75, 3.05) is 4.90 Å². The number of hydrogen-bond donors (Lipinski definition) is 0. The molecule has 0 unspecified atom stereocenters. The Morgan fingerprint density at radius 1 is 0.862 bits per heavy atom. The van der Waals surface area contributed by atoms with Gasteiger partial charge in [0.2, 0.25) is 0 Å². The number of nitrogens with zero attached hydrogens (tertiary/aromatic N) is 1. The highest BCUT2D eigenvalue weighted by Gasteiger charge is 2.17. The standard InChI is InChI=1S/C27H23NO/c1-2-5-12-23(11-4-1)28(24-13-6-3-7-14-24)25-18-16-21(17-19-25)27-20-22-10-8-9-15-26(22)29-27/h1-4,6,8-13,15-20H,5,7,14H2. The van der Waals surface area contributed by atoms with Gasteiger partial charge in [-0.3, -0.25) is 0 Å². The summed E-state index contributed by atoms with van der Waals surface area (Å²) in [6.07, 6.45) is 20.6. The highest BCUT2D eigenvalue weighted by Crippen LogP contribution is 2.33. The molecule has 0 fully saturated rings. The Balaban J connectivity index is 1.51. The van der Waals surface area contributed by atoms with E-state index in [1.165, 1.54) is 17.1 Å². The second-order valence-corrected chi connectivity index (χ2v) is 7.31. The Bertz CT molecular complexity index is 1140. The number of hydrogen-bond acceptors (Lipinski definition) is 2. The Labute approximate surface area is 171 Å². The van der Waals surface area contributed by atoms with Crippen molar-refractivity contribution in [2.24, 2.45) is 0 Å². The van der Waals surface area contributed by atoms with Crippen LogP contribution in [0.4, 0.5) is 5.69 Å². The molecule has 0 aliphatic heterocycles. The van der Waals surface area contributed by atoms with E-state index in [0.717, 1.165) is 41.6 Å². The molecule has 1 aromatic heterocycles. The van der Waals surface area contributed by atoms with Crippen LogP contribution in [0.3, 0.4) is 0 Å². The zero-order chi connectivity index (χ0) is 19.5. The van der Waals surface area contributed by atoms with E-state index in [2.05, 4.69) is 89.9 Å². The number of furan rings is 1. The highest BCUT2D eigenvalue weighted by atomic mass is 16.3. The molecule has 1 heterocycles. The van der Waals surface area contributed by atoms with Crippen LogP contribution in [0.25, 0.3) is 22.3 Å². The van der Waals surface area contributed by atoms with E-state index < -0.39 is 0 Å². The van der Waals surface area contributed by atoms with Crippen molar-refractivity contribution in [3.63, 3.8) is 0 Å². The van der Waals surface area contributed by atoms with Gasteiger partial charge in [-0.25, -0.2) is 0 Å². The lowest BCUT2D eigenvalue weighted by Crippen LogP contribution is -2.21. The van der Waals surface area contributed by atoms with E-state index in [4.69, 9.17) is 4.42 Å². The van der Waals surface area contributed by atoms with Crippen LogP contribution in [0.5, 0.6) is 0 Å². The highest BCUT2D eigenvalue weighted by molar-refractivity contribution is 5.83. The molecule has 0 atom stereocenters. The van der Waals surface area contributed by atoms with Gasteiger partial charge in [0.1, 0.15) is 11.3 Å². The van der Waals surface area contributed by atoms with E-state index in [1.807, 2.05) is 18.2 Å². The van der Waals surface area contributed by atoms with Gasteiger partial charge in [-0.2, -0.15) is 0 Å². The molecule has 142 valence electrons. The average Bonchev–Trinajstić information content (AvgIpc) is 3.04. The van der Waals surface area contributed by atoms with Gasteiger partial charge in [-0.05, 0) is 67.8 Å². The lowest BCUT2D eigenvalue weighted by atomic mass is 10.1. The van der Waals surface area contributed by atoms with Crippen molar-refractivity contribution in [1.29, 1.82) is 0 Å². The molecule has 2 aliphatic rings. The SMILES string of the molecule is C1=CCC=C(N(C2=CC=CCC2)c2ccc(-c3cc4ccccc4o3)cc2)C=C1. The van der Waals surface area contributed by atoms with Crippen LogP contribution >= 0.6 is 0 Å². The van der Waals surface area contributed by atoms with Gasteiger partial charge in [-0.15, -0.1) is 0 Å². The van der Waals surface area contributed by atoms with Crippen LogP contribution in [0, 0.1) is 0 Å². The van der Waals surface area contributed by atoms with Crippen molar-refractivity contribution in [3.05, 3.63) is 115 Å². The first kappa shape index (κ1) is 17.6. The minimum absolute atomic E-state index is 0.905. The molecular weight excluding hydrogens is 354 g/mol. The van der Waals surface area contributed by atoms with Crippen molar-refractivity contribution >= 4 is 16.7 Å². The first-order chi connectivity index (χ1) is 14.4. The van der Waals surface area contributed by atoms with Crippen molar-refractivity contribution < 1.29 is 4.42 Å². The maximum atomic E-state index is 6.04. The minimum Gasteiger partial charge on any atom is -0.456 e. The molecule has 0 N–H and O–H groups in total. The summed E-state index contributed by atoms with van der Waals surface area (Å²) in [5.41, 5.74) is 5.72. The van der Waals surface area contributed by atoms with Crippen LogP contribution in [0.15, 0.2) is 119 Å². The zero-order valence-corrected chi connectivity index (χ0v) is 16.3. The smallest absolute Gasteiger partial charge is 0.135 e. The van der Waals surface area contributed by atoms with Crippen LogP contribution in [-0.4, -0.2) is 0 Å². The van der Waals surface area contributed by atoms with E-state index in [-0.39, 0.29) is 0 Å². The van der Waals surface area contributed by atoms with Crippen molar-refractivity contribution in [3.8, 4) is 11.3 Å². The number of fused-ring (bicyclic) bond motifs is 1. The summed E-state index contributed by atoms with van der Waals surface area (Å²) in [6, 6.07) is 18.9. The van der Waals surface area contributed by atoms with Crippen LogP contribution in [0.2, 0.25) is 0 Å². The van der Waals surface area contributed by atoms with Crippen LogP contribution in [0.1, 0.15) is 19.3 Å². The quantitative estimate of drug-likeness (QED) is 0.467. The maximum Gasteiger partial charge on any atom is 0.135 e. The summed E-state index contributed by atoms with van der Waals surface area (Å²) in [6.45, 7) is 0. The second-order valence-electron chi connectivity index (χ2n) is 7.31. The summed E-state index contributed by atoms with van der Waals surface area (Å²) in [5, 5.41) is 1.13. The van der Waals surface area contributed by atoms with Gasteiger partial charge in [0.15, 0.2) is 0 Å². The Morgan fingerprint density at radius 2 is 1.76 bits per heavy atom. The molecule has 0 amide bonds. The molecule has 29 heavy (non-hydrogen) atoms. The van der Waals surface area contributed by atoms with Gasteiger partial charge >= 0.3 is 0 Å². The first-order valence-electron chi connectivity index (χ1n) is 10.2. The topological polar surface area (TPSA) is 16.4 Å². The molecule has 2 nitrogen and oxygen atoms in total. The average molecular weight is 377 g/mol. The van der Waals surface area contributed by atoms with Crippen molar-refractivity contribution in [1.82, 2.24) is 0 Å². The van der Waals surface area contributed by atoms with Gasteiger partial charge in [-0.1, -0.05) is 54.7 Å². The van der Waals surface area contributed by atoms with Gasteiger partial charge < -0.3 is 9.32 Å². The fourth-order valence-electron chi connectivity index (χ4n) is 3.89. The third-order valence-corrected chi connectivity index (χ3v) is 5.35. The Hall–Kier alpha value is -3.52. The minimum atomic E-state index is 0.905. The lowest BCUT2D eigenvalue weighted by Gasteiger charge is -2.29. The predicted molar refractivity (Wildman–Crippen MR) is 122 cm³/mol. The summed E-state index contributed by atoms with van der Waals surface area (Å²) >= 11 is 0. The first-order valence-corrected chi connectivity index (χ1v) is 10.2. The molecule has 5 rings (SSSR count). The van der Waals surface area contributed by atoms with E-state index in [1.54, 1.807) is 0 Å². The molecule has 2 heteroatoms. The molecule has 0 radical (unpaired) electrons. The zero-order valence-electron chi connectivity index (χ0n) is 16.3. The maximum absolute atomic E-state index is 6.04. The number of allylic oxidation sites excluding steroid dienone is 9. The molecule has 0 bridgehead atoms. The number of para-hydroxylation sites is 1. The molecule has 0 saturated carbocycles. The molecule has 3 aromatic rings. The van der Waals surface area contributed by atoms with Crippen LogP contribution < -0.4 is 4.90 Å². The van der Waals surface area contributed by atoms with Gasteiger partial charge in [0, 0.05) is 28.0 Å². The molecule has 0 spiro atoms. The second kappa shape index (κ2) is 7.84.